The van der Waals surface area contributed by atoms with Crippen molar-refractivity contribution < 1.29 is 40.7 Å². The Labute approximate surface area is 224 Å². The molecule has 8 nitrogen and oxygen atoms in total. The van der Waals surface area contributed by atoms with Gasteiger partial charge in [0.05, 0.1) is 11.1 Å². The number of nitrogens with zero attached hydrogens (tertiary/aromatic N) is 2. The normalized spacial score (nSPS) is 12.9. The van der Waals surface area contributed by atoms with Crippen LogP contribution in [0.2, 0.25) is 0 Å². The van der Waals surface area contributed by atoms with Crippen molar-refractivity contribution in [2.24, 2.45) is 5.92 Å². The highest BCUT2D eigenvalue weighted by atomic mass is 19.4. The second kappa shape index (κ2) is 12.5. The van der Waals surface area contributed by atoms with Gasteiger partial charge >= 0.3 is 12.4 Å². The molecule has 1 heterocycles. The van der Waals surface area contributed by atoms with Gasteiger partial charge in [0.2, 0.25) is 11.8 Å². The third-order valence-electron chi connectivity index (χ3n) is 5.23. The molecule has 1 saturated carbocycles. The minimum atomic E-state index is -4.92. The monoisotopic (exact) mass is 567 g/mol. The third kappa shape index (κ3) is 8.99. The van der Waals surface area contributed by atoms with Crippen molar-refractivity contribution >= 4 is 23.7 Å². The average Bonchev–Trinajstić information content (AvgIpc) is 3.75. The molecule has 1 fully saturated rings. The Morgan fingerprint density at radius 3 is 2.12 bits per heavy atom. The number of anilines is 2. The molecule has 3 aromatic rings. The summed E-state index contributed by atoms with van der Waals surface area (Å²) in [7, 11) is 1.84. The number of alkyl halides is 6. The molecule has 0 aliphatic heterocycles. The minimum absolute atomic E-state index is 0.00942. The Bertz CT molecular complexity index is 1320. The summed E-state index contributed by atoms with van der Waals surface area (Å²) < 4.78 is 78.8. The van der Waals surface area contributed by atoms with Gasteiger partial charge in [-0.05, 0) is 49.2 Å². The highest BCUT2D eigenvalue weighted by Crippen LogP contribution is 2.36. The number of hydrogen-bond acceptors (Lipinski definition) is 7. The molecule has 1 aliphatic rings. The largest absolute Gasteiger partial charge is 0.437 e. The van der Waals surface area contributed by atoms with E-state index in [0.29, 0.717) is 35.4 Å². The Kier molecular flexibility index (Phi) is 9.35. The number of halogens is 6. The minimum Gasteiger partial charge on any atom is -0.437 e. The zero-order chi connectivity index (χ0) is 29.5. The number of benzene rings is 2. The van der Waals surface area contributed by atoms with E-state index >= 15 is 0 Å². The van der Waals surface area contributed by atoms with Crippen molar-refractivity contribution in [1.29, 1.82) is 0 Å². The van der Waals surface area contributed by atoms with Gasteiger partial charge in [0.1, 0.15) is 17.9 Å². The Balaban J connectivity index is 0.000000241. The topological polar surface area (TPSA) is 105 Å². The molecule has 0 spiro atoms. The lowest BCUT2D eigenvalue weighted by Gasteiger charge is -2.12. The smallest absolute Gasteiger partial charge is 0.416 e. The van der Waals surface area contributed by atoms with E-state index in [1.807, 2.05) is 31.3 Å². The number of carbonyl (C=O) groups is 2. The summed E-state index contributed by atoms with van der Waals surface area (Å²) in [6.45, 7) is 3.76. The molecule has 40 heavy (non-hydrogen) atoms. The second-order valence-corrected chi connectivity index (χ2v) is 8.46. The predicted molar refractivity (Wildman–Crippen MR) is 134 cm³/mol. The number of hydrogen-bond donors (Lipinski definition) is 3. The number of carbonyl (C=O) groups excluding carboxylic acids is 2. The van der Waals surface area contributed by atoms with Gasteiger partial charge < -0.3 is 20.7 Å². The van der Waals surface area contributed by atoms with E-state index < -0.39 is 29.0 Å². The summed E-state index contributed by atoms with van der Waals surface area (Å²) >= 11 is 0. The van der Waals surface area contributed by atoms with E-state index in [2.05, 4.69) is 32.7 Å². The molecule has 0 saturated heterocycles. The van der Waals surface area contributed by atoms with Crippen LogP contribution in [0, 0.1) is 5.92 Å². The number of amides is 1. The molecule has 212 valence electrons. The van der Waals surface area contributed by atoms with Crippen LogP contribution in [0.15, 0.2) is 67.0 Å². The molecule has 1 aromatic heterocycles. The first-order chi connectivity index (χ1) is 18.8. The van der Waals surface area contributed by atoms with Gasteiger partial charge in [-0.15, -0.1) is 10.2 Å². The van der Waals surface area contributed by atoms with Gasteiger partial charge in [0.15, 0.2) is 5.82 Å². The van der Waals surface area contributed by atoms with Gasteiger partial charge in [-0.2, -0.15) is 26.3 Å². The van der Waals surface area contributed by atoms with Gasteiger partial charge in [-0.3, -0.25) is 9.59 Å². The van der Waals surface area contributed by atoms with Crippen LogP contribution in [0.3, 0.4) is 0 Å². The van der Waals surface area contributed by atoms with Crippen LogP contribution in [0.5, 0.6) is 11.6 Å². The van der Waals surface area contributed by atoms with Crippen molar-refractivity contribution in [3.63, 3.8) is 0 Å². The Morgan fingerprint density at radius 1 is 0.975 bits per heavy atom. The van der Waals surface area contributed by atoms with Crippen molar-refractivity contribution in [3.05, 3.63) is 83.7 Å². The molecular formula is C26H23F6N5O3. The maximum absolute atomic E-state index is 12.2. The van der Waals surface area contributed by atoms with Gasteiger partial charge in [-0.25, -0.2) is 0 Å². The highest BCUT2D eigenvalue weighted by molar-refractivity contribution is 5.82. The highest BCUT2D eigenvalue weighted by Gasteiger charge is 2.36. The maximum Gasteiger partial charge on any atom is 0.416 e. The number of rotatable bonds is 8. The lowest BCUT2D eigenvalue weighted by molar-refractivity contribution is -0.143. The van der Waals surface area contributed by atoms with Gasteiger partial charge in [0.25, 0.3) is 0 Å². The number of ether oxygens (including phenoxy) is 1. The molecule has 3 N–H and O–H groups in total. The lowest BCUT2D eigenvalue weighted by Crippen LogP contribution is -2.27. The maximum atomic E-state index is 12.2. The fourth-order valence-electron chi connectivity index (χ4n) is 3.11. The second-order valence-electron chi connectivity index (χ2n) is 8.46. The van der Waals surface area contributed by atoms with Crippen LogP contribution in [0.25, 0.3) is 0 Å². The summed E-state index contributed by atoms with van der Waals surface area (Å²) in [5.41, 5.74) is -2.71. The number of aromatic nitrogens is 2. The van der Waals surface area contributed by atoms with E-state index in [9.17, 15) is 35.9 Å². The zero-order valence-electron chi connectivity index (χ0n) is 20.9. The van der Waals surface area contributed by atoms with E-state index in [1.165, 1.54) is 0 Å². The van der Waals surface area contributed by atoms with Crippen LogP contribution in [0.4, 0.5) is 37.8 Å². The van der Waals surface area contributed by atoms with E-state index in [-0.39, 0.29) is 24.2 Å². The van der Waals surface area contributed by atoms with Crippen LogP contribution in [0.1, 0.15) is 34.3 Å². The molecule has 0 unspecified atom stereocenters. The molecule has 2 aromatic carbocycles. The first kappa shape index (κ1) is 29.9. The van der Waals surface area contributed by atoms with Crippen LogP contribution < -0.4 is 20.7 Å². The van der Waals surface area contributed by atoms with Gasteiger partial charge in [-0.1, -0.05) is 12.6 Å². The predicted octanol–water partition coefficient (Wildman–Crippen LogP) is 6.26. The Hall–Kier alpha value is -4.62. The van der Waals surface area contributed by atoms with Gasteiger partial charge in [0, 0.05) is 36.3 Å². The number of nitrogens with one attached hydrogen (secondary N) is 3. The lowest BCUT2D eigenvalue weighted by atomic mass is 10.1. The standard InChI is InChI=1S/C17H19N5O2.C9H4F6O/c1-11(20-17(23)12-6-7-12)19-15-8-9-16(22-21-15)24-14-5-3-4-13(10-14)18-2;10-8(11,12)6-1-5(4-16)2-7(3-6)9(13,14)15/h3-5,8-10,12,18H,1,6-7H2,2H3,(H,19,21)(H,20,23);1-4H. The van der Waals surface area contributed by atoms with Crippen LogP contribution in [-0.4, -0.2) is 29.4 Å². The summed E-state index contributed by atoms with van der Waals surface area (Å²) in [4.78, 5) is 21.9. The number of aldehydes is 1. The quantitative estimate of drug-likeness (QED) is 0.218. The average molecular weight is 567 g/mol. The van der Waals surface area contributed by atoms with Crippen molar-refractivity contribution in [1.82, 2.24) is 15.5 Å². The fourth-order valence-corrected chi connectivity index (χ4v) is 3.11. The zero-order valence-corrected chi connectivity index (χ0v) is 20.9. The van der Waals surface area contributed by atoms with Crippen LogP contribution in [-0.2, 0) is 17.1 Å². The molecular weight excluding hydrogens is 544 g/mol. The first-order valence-corrected chi connectivity index (χ1v) is 11.6. The SMILES string of the molecule is C=C(NC(=O)C1CC1)Nc1ccc(Oc2cccc(NC)c2)nn1.O=Cc1cc(C(F)(F)F)cc(C(F)(F)F)c1. The molecule has 4 rings (SSSR count). The Morgan fingerprint density at radius 2 is 1.62 bits per heavy atom. The van der Waals surface area contributed by atoms with E-state index in [1.54, 1.807) is 12.1 Å². The third-order valence-corrected chi connectivity index (χ3v) is 5.23. The summed E-state index contributed by atoms with van der Waals surface area (Å²) in [6.07, 6.45) is -8.01. The van der Waals surface area contributed by atoms with E-state index in [0.717, 1.165) is 18.5 Å². The summed E-state index contributed by atoms with van der Waals surface area (Å²) in [6, 6.07) is 11.6. The van der Waals surface area contributed by atoms with Crippen molar-refractivity contribution in [2.45, 2.75) is 25.2 Å². The van der Waals surface area contributed by atoms with E-state index in [4.69, 9.17) is 4.74 Å². The molecule has 0 bridgehead atoms. The molecule has 0 radical (unpaired) electrons. The van der Waals surface area contributed by atoms with Crippen molar-refractivity contribution in [2.75, 3.05) is 17.7 Å². The fraction of sp³-hybridized carbons (Fsp3) is 0.231. The molecule has 0 atom stereocenters. The first-order valence-electron chi connectivity index (χ1n) is 11.6. The van der Waals surface area contributed by atoms with Crippen molar-refractivity contribution in [3.8, 4) is 11.6 Å². The molecule has 14 heteroatoms. The molecule has 1 amide bonds. The summed E-state index contributed by atoms with van der Waals surface area (Å²) in [5.74, 6) is 2.02. The summed E-state index contributed by atoms with van der Waals surface area (Å²) in [5, 5.41) is 16.7. The van der Waals surface area contributed by atoms with Crippen LogP contribution >= 0.6 is 0 Å². The molecule has 1 aliphatic carbocycles.